The number of piperazine rings is 1. The van der Waals surface area contributed by atoms with Crippen LogP contribution in [0.2, 0.25) is 0 Å². The number of benzene rings is 1. The van der Waals surface area contributed by atoms with E-state index < -0.39 is 0 Å². The van der Waals surface area contributed by atoms with Crippen LogP contribution in [0.25, 0.3) is 21.3 Å². The quantitative estimate of drug-likeness (QED) is 0.536. The van der Waals surface area contributed by atoms with Crippen molar-refractivity contribution in [3.05, 3.63) is 36.4 Å². The Balaban J connectivity index is 1.48. The van der Waals surface area contributed by atoms with Gasteiger partial charge in [0.2, 0.25) is 0 Å². The van der Waals surface area contributed by atoms with Gasteiger partial charge in [-0.3, -0.25) is 9.69 Å². The Morgan fingerprint density at radius 3 is 2.61 bits per heavy atom. The number of anilines is 1. The van der Waals surface area contributed by atoms with E-state index in [9.17, 15) is 4.79 Å². The molecule has 1 aliphatic rings. The molecule has 2 aromatic heterocycles. The normalized spacial score (nSPS) is 15.5. The molecule has 8 heteroatoms. The first-order chi connectivity index (χ1) is 15.1. The lowest BCUT2D eigenvalue weighted by Crippen LogP contribution is -2.46. The van der Waals surface area contributed by atoms with E-state index >= 15 is 0 Å². The monoisotopic (exact) mass is 438 g/mol. The minimum atomic E-state index is 0.173. The Kier molecular flexibility index (Phi) is 6.89. The fraction of sp³-hybridized carbons (Fsp3) is 0.478. The Morgan fingerprint density at radius 1 is 1.10 bits per heavy atom. The lowest BCUT2D eigenvalue weighted by Gasteiger charge is -2.31. The lowest BCUT2D eigenvalue weighted by atomic mass is 10.1. The smallest absolute Gasteiger partial charge is 0.185 e. The molecule has 1 fully saturated rings. The van der Waals surface area contributed by atoms with E-state index in [-0.39, 0.29) is 12.2 Å². The average molecular weight is 439 g/mol. The number of likely N-dealkylation sites (N-methyl/N-ethyl adjacent to an activating group) is 1. The first-order valence-electron chi connectivity index (χ1n) is 10.9. The highest BCUT2D eigenvalue weighted by Crippen LogP contribution is 2.32. The van der Waals surface area contributed by atoms with Gasteiger partial charge in [0, 0.05) is 57.0 Å². The van der Waals surface area contributed by atoms with Crippen LogP contribution in [-0.2, 0) is 11.2 Å². The number of hydrogen-bond acceptors (Lipinski definition) is 8. The molecule has 0 atom stereocenters. The van der Waals surface area contributed by atoms with E-state index in [1.165, 1.54) is 0 Å². The van der Waals surface area contributed by atoms with Gasteiger partial charge in [0.25, 0.3) is 0 Å². The number of hydrogen-bond donors (Lipinski definition) is 0. The number of fused-ring (bicyclic) bond motifs is 1. The van der Waals surface area contributed by atoms with Gasteiger partial charge in [-0.1, -0.05) is 23.5 Å². The van der Waals surface area contributed by atoms with E-state index in [1.807, 2.05) is 18.5 Å². The number of carbonyl (C=O) groups is 1. The van der Waals surface area contributed by atoms with Gasteiger partial charge in [-0.2, -0.15) is 0 Å². The number of carbonyl (C=O) groups excluding carboxylic acids is 1. The summed E-state index contributed by atoms with van der Waals surface area (Å²) in [6.07, 6.45) is 4.03. The summed E-state index contributed by atoms with van der Waals surface area (Å²) in [5, 5.41) is 2.02. The maximum absolute atomic E-state index is 12.6. The summed E-state index contributed by atoms with van der Waals surface area (Å²) in [7, 11) is 2.12. The van der Waals surface area contributed by atoms with Crippen LogP contribution in [0.15, 0.2) is 30.6 Å². The van der Waals surface area contributed by atoms with Gasteiger partial charge in [-0.25, -0.2) is 15.0 Å². The molecule has 0 spiro atoms. The van der Waals surface area contributed by atoms with Gasteiger partial charge < -0.3 is 9.80 Å². The topological polar surface area (TPSA) is 65.5 Å². The summed E-state index contributed by atoms with van der Waals surface area (Å²) in [5.74, 6) is 0.767. The molecule has 164 valence electrons. The molecule has 0 unspecified atom stereocenters. The predicted molar refractivity (Wildman–Crippen MR) is 127 cm³/mol. The van der Waals surface area contributed by atoms with Gasteiger partial charge >= 0.3 is 0 Å². The first kappa shape index (κ1) is 21.8. The molecule has 3 aromatic rings. The zero-order valence-electron chi connectivity index (χ0n) is 18.5. The van der Waals surface area contributed by atoms with E-state index in [0.29, 0.717) is 12.4 Å². The van der Waals surface area contributed by atoms with E-state index in [1.54, 1.807) is 11.3 Å². The summed E-state index contributed by atoms with van der Waals surface area (Å²) in [4.78, 5) is 34.2. The second-order valence-electron chi connectivity index (χ2n) is 8.03. The minimum Gasteiger partial charge on any atom is -0.349 e. The first-order valence-corrected chi connectivity index (χ1v) is 11.8. The summed E-state index contributed by atoms with van der Waals surface area (Å²) < 4.78 is 0. The van der Waals surface area contributed by atoms with Crippen LogP contribution in [0, 0.1) is 0 Å². The number of aromatic nitrogens is 3. The van der Waals surface area contributed by atoms with Crippen LogP contribution < -0.4 is 4.90 Å². The fourth-order valence-electron chi connectivity index (χ4n) is 3.83. The molecule has 0 amide bonds. The van der Waals surface area contributed by atoms with Crippen LogP contribution in [0.3, 0.4) is 0 Å². The Labute approximate surface area is 187 Å². The summed E-state index contributed by atoms with van der Waals surface area (Å²) in [5.41, 5.74) is 1.96. The average Bonchev–Trinajstić information content (AvgIpc) is 3.26. The summed E-state index contributed by atoms with van der Waals surface area (Å²) >= 11 is 1.69. The highest BCUT2D eigenvalue weighted by atomic mass is 32.1. The van der Waals surface area contributed by atoms with Crippen LogP contribution in [0.5, 0.6) is 0 Å². The number of nitrogens with zero attached hydrogens (tertiary/aromatic N) is 6. The van der Waals surface area contributed by atoms with E-state index in [0.717, 1.165) is 65.7 Å². The van der Waals surface area contributed by atoms with Crippen LogP contribution in [0.1, 0.15) is 19.7 Å². The minimum absolute atomic E-state index is 0.173. The van der Waals surface area contributed by atoms with Crippen LogP contribution in [0.4, 0.5) is 5.13 Å². The lowest BCUT2D eigenvalue weighted by molar-refractivity contribution is -0.120. The highest BCUT2D eigenvalue weighted by molar-refractivity contribution is 7.18. The zero-order valence-corrected chi connectivity index (χ0v) is 19.4. The van der Waals surface area contributed by atoms with Crippen molar-refractivity contribution >= 4 is 33.2 Å². The second kappa shape index (κ2) is 9.80. The standard InChI is InChI=1S/C23H30N6OS/c1-4-29(5-2)23-25-15-21(31-23)17-6-7-18-14-24-22(26-20(18)12-17)13-19(30)16-28-10-8-27(3)9-11-28/h6-7,12,14-15H,4-5,8-11,13,16H2,1-3H3. The molecule has 0 radical (unpaired) electrons. The molecular weight excluding hydrogens is 408 g/mol. The number of thiazole rings is 1. The molecule has 1 saturated heterocycles. The maximum Gasteiger partial charge on any atom is 0.185 e. The van der Waals surface area contributed by atoms with Gasteiger partial charge in [-0.15, -0.1) is 0 Å². The van der Waals surface area contributed by atoms with Crippen molar-refractivity contribution in [1.29, 1.82) is 0 Å². The number of Topliss-reactive ketones (excluding diaryl/α,β-unsaturated/α-hetero) is 1. The highest BCUT2D eigenvalue weighted by Gasteiger charge is 2.17. The third-order valence-electron chi connectivity index (χ3n) is 5.80. The summed E-state index contributed by atoms with van der Waals surface area (Å²) in [6.45, 7) is 10.5. The second-order valence-corrected chi connectivity index (χ2v) is 9.04. The molecule has 1 aliphatic heterocycles. The van der Waals surface area contributed by atoms with Crippen molar-refractivity contribution < 1.29 is 4.79 Å². The van der Waals surface area contributed by atoms with Gasteiger partial charge in [0.15, 0.2) is 10.9 Å². The Bertz CT molecular complexity index is 1040. The van der Waals surface area contributed by atoms with Gasteiger partial charge in [0.05, 0.1) is 23.4 Å². The van der Waals surface area contributed by atoms with Gasteiger partial charge in [0.1, 0.15) is 5.82 Å². The maximum atomic E-state index is 12.6. The summed E-state index contributed by atoms with van der Waals surface area (Å²) in [6, 6.07) is 6.20. The van der Waals surface area contributed by atoms with Crippen LogP contribution >= 0.6 is 11.3 Å². The zero-order chi connectivity index (χ0) is 21.8. The van der Waals surface area contributed by atoms with E-state index in [4.69, 9.17) is 4.98 Å². The fourth-order valence-corrected chi connectivity index (χ4v) is 4.87. The molecule has 3 heterocycles. The molecule has 1 aromatic carbocycles. The molecule has 4 rings (SSSR count). The molecule has 0 N–H and O–H groups in total. The van der Waals surface area contributed by atoms with Crippen molar-refractivity contribution in [1.82, 2.24) is 24.8 Å². The molecule has 7 nitrogen and oxygen atoms in total. The molecule has 0 saturated carbocycles. The Hall–Kier alpha value is -2.42. The Morgan fingerprint density at radius 2 is 1.87 bits per heavy atom. The van der Waals surface area contributed by atoms with Gasteiger partial charge in [-0.05, 0) is 32.5 Å². The van der Waals surface area contributed by atoms with Crippen molar-refractivity contribution in [3.63, 3.8) is 0 Å². The predicted octanol–water partition coefficient (Wildman–Crippen LogP) is 2.96. The number of ketones is 1. The van der Waals surface area contributed by atoms with Crippen LogP contribution in [-0.4, -0.2) is 83.4 Å². The molecule has 0 aliphatic carbocycles. The molecular formula is C23H30N6OS. The molecule has 0 bridgehead atoms. The molecule has 31 heavy (non-hydrogen) atoms. The number of rotatable bonds is 8. The van der Waals surface area contributed by atoms with Crippen molar-refractivity contribution in [2.75, 3.05) is 57.8 Å². The SMILES string of the molecule is CCN(CC)c1ncc(-c2ccc3cnc(CC(=O)CN4CCN(C)CC4)nc3c2)s1. The largest absolute Gasteiger partial charge is 0.349 e. The third-order valence-corrected chi connectivity index (χ3v) is 6.90. The van der Waals surface area contributed by atoms with Crippen molar-refractivity contribution in [2.24, 2.45) is 0 Å². The third kappa shape index (κ3) is 5.26. The van der Waals surface area contributed by atoms with E-state index in [2.05, 4.69) is 57.7 Å². The van der Waals surface area contributed by atoms with Crippen molar-refractivity contribution in [2.45, 2.75) is 20.3 Å². The van der Waals surface area contributed by atoms with Crippen molar-refractivity contribution in [3.8, 4) is 10.4 Å².